The smallest absolute Gasteiger partial charge is 0.233 e. The number of hydrogen-bond donors (Lipinski definition) is 2. The molecule has 0 aliphatic carbocycles. The van der Waals surface area contributed by atoms with Crippen molar-refractivity contribution in [2.24, 2.45) is 0 Å². The van der Waals surface area contributed by atoms with E-state index in [1.807, 2.05) is 60.7 Å². The maximum absolute atomic E-state index is 6.04. The molecule has 0 atom stereocenters. The van der Waals surface area contributed by atoms with Crippen molar-refractivity contribution >= 4 is 45.6 Å². The molecule has 0 spiro atoms. The largest absolute Gasteiger partial charge is 0.324 e. The predicted octanol–water partition coefficient (Wildman–Crippen LogP) is 5.17. The highest BCUT2D eigenvalue weighted by Crippen LogP contribution is 2.22. The summed E-state index contributed by atoms with van der Waals surface area (Å²) >= 11 is 6.04. The summed E-state index contributed by atoms with van der Waals surface area (Å²) < 4.78 is 0. The van der Waals surface area contributed by atoms with Gasteiger partial charge < -0.3 is 10.6 Å². The van der Waals surface area contributed by atoms with Crippen LogP contribution in [0.25, 0.3) is 10.8 Å². The zero-order valence-electron chi connectivity index (χ0n) is 13.1. The Kier molecular flexibility index (Phi) is 4.14. The van der Waals surface area contributed by atoms with Crippen molar-refractivity contribution in [3.63, 3.8) is 0 Å². The molecule has 6 heteroatoms. The Bertz CT molecular complexity index is 1020. The zero-order chi connectivity index (χ0) is 17.1. The number of benzene rings is 3. The molecule has 0 bridgehead atoms. The van der Waals surface area contributed by atoms with Crippen LogP contribution in [-0.4, -0.2) is 15.0 Å². The van der Waals surface area contributed by atoms with Crippen LogP contribution in [0, 0.1) is 0 Å². The molecule has 5 nitrogen and oxygen atoms in total. The number of anilines is 4. The van der Waals surface area contributed by atoms with E-state index in [9.17, 15) is 0 Å². The van der Waals surface area contributed by atoms with Gasteiger partial charge in [-0.2, -0.15) is 15.0 Å². The van der Waals surface area contributed by atoms with Gasteiger partial charge in [-0.1, -0.05) is 48.5 Å². The molecule has 3 aromatic carbocycles. The molecule has 1 heterocycles. The number of aromatic nitrogens is 3. The van der Waals surface area contributed by atoms with E-state index in [1.54, 1.807) is 0 Å². The highest BCUT2D eigenvalue weighted by atomic mass is 35.5. The number of fused-ring (bicyclic) bond motifs is 1. The van der Waals surface area contributed by atoms with Crippen LogP contribution < -0.4 is 10.6 Å². The van der Waals surface area contributed by atoms with E-state index in [-0.39, 0.29) is 5.28 Å². The van der Waals surface area contributed by atoms with Gasteiger partial charge in [-0.15, -0.1) is 0 Å². The van der Waals surface area contributed by atoms with Crippen LogP contribution >= 0.6 is 11.6 Å². The summed E-state index contributed by atoms with van der Waals surface area (Å²) in [5.74, 6) is 0.767. The van der Waals surface area contributed by atoms with Crippen molar-refractivity contribution in [2.75, 3.05) is 10.6 Å². The highest BCUT2D eigenvalue weighted by molar-refractivity contribution is 6.28. The molecule has 1 aromatic heterocycles. The number of para-hydroxylation sites is 1. The van der Waals surface area contributed by atoms with E-state index in [2.05, 4.69) is 37.7 Å². The van der Waals surface area contributed by atoms with Gasteiger partial charge in [0.1, 0.15) is 0 Å². The molecule has 0 fully saturated rings. The second-order valence-electron chi connectivity index (χ2n) is 5.43. The van der Waals surface area contributed by atoms with Crippen LogP contribution in [0.3, 0.4) is 0 Å². The summed E-state index contributed by atoms with van der Waals surface area (Å²) in [6.45, 7) is 0. The summed E-state index contributed by atoms with van der Waals surface area (Å²) in [5, 5.41) is 8.72. The van der Waals surface area contributed by atoms with Crippen molar-refractivity contribution in [3.05, 3.63) is 78.1 Å². The molecular weight excluding hydrogens is 334 g/mol. The number of rotatable bonds is 4. The van der Waals surface area contributed by atoms with E-state index in [0.29, 0.717) is 11.9 Å². The lowest BCUT2D eigenvalue weighted by Gasteiger charge is -2.09. The van der Waals surface area contributed by atoms with E-state index in [0.717, 1.165) is 16.8 Å². The van der Waals surface area contributed by atoms with E-state index < -0.39 is 0 Å². The van der Waals surface area contributed by atoms with E-state index in [1.165, 1.54) is 5.39 Å². The Morgan fingerprint density at radius 1 is 0.600 bits per heavy atom. The van der Waals surface area contributed by atoms with Gasteiger partial charge in [-0.05, 0) is 46.6 Å². The van der Waals surface area contributed by atoms with Crippen molar-refractivity contribution in [1.82, 2.24) is 15.0 Å². The first kappa shape index (κ1) is 15.4. The van der Waals surface area contributed by atoms with Crippen LogP contribution in [0.4, 0.5) is 23.3 Å². The first-order valence-electron chi connectivity index (χ1n) is 7.76. The van der Waals surface area contributed by atoms with Gasteiger partial charge in [-0.3, -0.25) is 0 Å². The maximum atomic E-state index is 6.04. The molecule has 4 aromatic rings. The Balaban J connectivity index is 1.61. The molecular formula is C19H14ClN5. The van der Waals surface area contributed by atoms with Crippen LogP contribution in [0.5, 0.6) is 0 Å². The Morgan fingerprint density at radius 3 is 2.00 bits per heavy atom. The van der Waals surface area contributed by atoms with Crippen molar-refractivity contribution in [2.45, 2.75) is 0 Å². The Hall–Kier alpha value is -3.18. The molecule has 2 N–H and O–H groups in total. The Labute approximate surface area is 149 Å². The minimum atomic E-state index is 0.122. The lowest BCUT2D eigenvalue weighted by molar-refractivity contribution is 1.06. The van der Waals surface area contributed by atoms with E-state index in [4.69, 9.17) is 11.6 Å². The standard InChI is InChI=1S/C19H14ClN5/c20-17-23-18(21-15-8-2-1-3-9-15)25-19(24-17)22-16-11-10-13-6-4-5-7-14(13)12-16/h1-12H,(H2,21,22,23,24,25). The fraction of sp³-hybridized carbons (Fsp3) is 0. The molecule has 0 saturated heterocycles. The average molecular weight is 348 g/mol. The molecule has 0 radical (unpaired) electrons. The first-order valence-corrected chi connectivity index (χ1v) is 8.13. The maximum Gasteiger partial charge on any atom is 0.233 e. The van der Waals surface area contributed by atoms with Gasteiger partial charge in [0.25, 0.3) is 0 Å². The van der Waals surface area contributed by atoms with Crippen molar-refractivity contribution in [1.29, 1.82) is 0 Å². The second kappa shape index (κ2) is 6.75. The predicted molar refractivity (Wildman–Crippen MR) is 102 cm³/mol. The topological polar surface area (TPSA) is 62.7 Å². The lowest BCUT2D eigenvalue weighted by atomic mass is 10.1. The van der Waals surface area contributed by atoms with Crippen LogP contribution in [0.15, 0.2) is 72.8 Å². The zero-order valence-corrected chi connectivity index (χ0v) is 13.9. The Morgan fingerprint density at radius 2 is 1.24 bits per heavy atom. The van der Waals surface area contributed by atoms with E-state index >= 15 is 0 Å². The van der Waals surface area contributed by atoms with Gasteiger partial charge in [0, 0.05) is 11.4 Å². The average Bonchev–Trinajstić information content (AvgIpc) is 2.62. The van der Waals surface area contributed by atoms with Gasteiger partial charge in [-0.25, -0.2) is 0 Å². The number of nitrogens with one attached hydrogen (secondary N) is 2. The molecule has 0 aliphatic heterocycles. The van der Waals surface area contributed by atoms with Gasteiger partial charge in [0.05, 0.1) is 0 Å². The number of nitrogens with zero attached hydrogens (tertiary/aromatic N) is 3. The van der Waals surface area contributed by atoms with Gasteiger partial charge in [0.15, 0.2) is 0 Å². The van der Waals surface area contributed by atoms with Crippen LogP contribution in [0.2, 0.25) is 5.28 Å². The third-order valence-corrected chi connectivity index (χ3v) is 3.81. The SMILES string of the molecule is Clc1nc(Nc2ccccc2)nc(Nc2ccc3ccccc3c2)n1. The van der Waals surface area contributed by atoms with Crippen molar-refractivity contribution in [3.8, 4) is 0 Å². The van der Waals surface area contributed by atoms with Gasteiger partial charge in [0.2, 0.25) is 17.2 Å². The normalized spacial score (nSPS) is 10.6. The van der Waals surface area contributed by atoms with Crippen molar-refractivity contribution < 1.29 is 0 Å². The molecule has 0 saturated carbocycles. The third kappa shape index (κ3) is 3.67. The molecule has 25 heavy (non-hydrogen) atoms. The van der Waals surface area contributed by atoms with Crippen LogP contribution in [-0.2, 0) is 0 Å². The highest BCUT2D eigenvalue weighted by Gasteiger charge is 2.06. The monoisotopic (exact) mass is 347 g/mol. The lowest BCUT2D eigenvalue weighted by Crippen LogP contribution is -2.03. The van der Waals surface area contributed by atoms with Crippen LogP contribution in [0.1, 0.15) is 0 Å². The third-order valence-electron chi connectivity index (χ3n) is 3.64. The quantitative estimate of drug-likeness (QED) is 0.533. The first-order chi connectivity index (χ1) is 12.3. The summed E-state index contributed by atoms with van der Waals surface area (Å²) in [6, 6.07) is 23.9. The summed E-state index contributed by atoms with van der Waals surface area (Å²) in [7, 11) is 0. The van der Waals surface area contributed by atoms with Gasteiger partial charge >= 0.3 is 0 Å². The summed E-state index contributed by atoms with van der Waals surface area (Å²) in [5.41, 5.74) is 1.76. The molecule has 122 valence electrons. The molecule has 0 aliphatic rings. The minimum absolute atomic E-state index is 0.122. The molecule has 0 unspecified atom stereocenters. The second-order valence-corrected chi connectivity index (χ2v) is 5.77. The minimum Gasteiger partial charge on any atom is -0.324 e. The number of halogens is 1. The fourth-order valence-electron chi connectivity index (χ4n) is 2.51. The fourth-order valence-corrected chi connectivity index (χ4v) is 2.67. The summed E-state index contributed by atoms with van der Waals surface area (Å²) in [6.07, 6.45) is 0. The molecule has 0 amide bonds. The summed E-state index contributed by atoms with van der Waals surface area (Å²) in [4.78, 5) is 12.6. The number of hydrogen-bond acceptors (Lipinski definition) is 5. The molecule has 4 rings (SSSR count).